The maximum Gasteiger partial charge on any atom is 0.228 e. The minimum absolute atomic E-state index is 0.544. The molecule has 0 radical (unpaired) electrons. The number of aliphatic imine (C=N–C) groups is 1. The number of rotatable bonds is 4. The third kappa shape index (κ3) is 2.27. The van der Waals surface area contributed by atoms with Gasteiger partial charge in [-0.15, -0.1) is 0 Å². The van der Waals surface area contributed by atoms with E-state index >= 15 is 0 Å². The van der Waals surface area contributed by atoms with Crippen molar-refractivity contribution in [2.24, 2.45) is 16.6 Å². The van der Waals surface area contributed by atoms with E-state index in [2.05, 4.69) is 15.1 Å². The molecule has 1 saturated carbocycles. The van der Waals surface area contributed by atoms with Crippen LogP contribution >= 0.6 is 0 Å². The Morgan fingerprint density at radius 3 is 3.15 bits per heavy atom. The maximum absolute atomic E-state index is 5.70. The Hall–Kier alpha value is -1.39. The normalized spacial score (nSPS) is 17.7. The fourth-order valence-corrected chi connectivity index (χ4v) is 1.09. The lowest BCUT2D eigenvalue weighted by atomic mass is 10.4. The summed E-state index contributed by atoms with van der Waals surface area (Å²) < 4.78 is 4.82. The summed E-state index contributed by atoms with van der Waals surface area (Å²) in [7, 11) is 0. The van der Waals surface area contributed by atoms with Crippen LogP contribution in [0.3, 0.4) is 0 Å². The Morgan fingerprint density at radius 2 is 2.54 bits per heavy atom. The predicted octanol–water partition coefficient (Wildman–Crippen LogP) is 0.379. The number of nitrogens with zero attached hydrogens (tertiary/aromatic N) is 3. The van der Waals surface area contributed by atoms with Gasteiger partial charge in [0.05, 0.1) is 5.84 Å². The molecule has 5 nitrogen and oxygen atoms in total. The van der Waals surface area contributed by atoms with Gasteiger partial charge in [0, 0.05) is 18.9 Å². The molecule has 5 heteroatoms. The van der Waals surface area contributed by atoms with Gasteiger partial charge in [-0.25, -0.2) is 0 Å². The van der Waals surface area contributed by atoms with E-state index in [1.165, 1.54) is 19.2 Å². The summed E-state index contributed by atoms with van der Waals surface area (Å²) in [6.07, 6.45) is 4.45. The molecule has 1 aliphatic carbocycles. The van der Waals surface area contributed by atoms with Crippen LogP contribution in [-0.4, -0.2) is 22.5 Å². The quantitative estimate of drug-likeness (QED) is 0.536. The Bertz CT molecular complexity index is 289. The number of hydrogen-bond donors (Lipinski definition) is 1. The maximum atomic E-state index is 5.70. The molecule has 0 amide bonds. The van der Waals surface area contributed by atoms with Crippen LogP contribution in [0.1, 0.15) is 18.7 Å². The topological polar surface area (TPSA) is 77.3 Å². The van der Waals surface area contributed by atoms with Gasteiger partial charge in [0.1, 0.15) is 0 Å². The van der Waals surface area contributed by atoms with Gasteiger partial charge < -0.3 is 10.3 Å². The Labute approximate surface area is 76.0 Å². The fourth-order valence-electron chi connectivity index (χ4n) is 1.09. The molecule has 1 fully saturated rings. The van der Waals surface area contributed by atoms with Crippen molar-refractivity contribution >= 4 is 5.84 Å². The van der Waals surface area contributed by atoms with E-state index in [1.54, 1.807) is 0 Å². The van der Waals surface area contributed by atoms with Gasteiger partial charge in [-0.3, -0.25) is 4.99 Å². The average molecular weight is 180 g/mol. The largest absolute Gasteiger partial charge is 0.387 e. The molecule has 13 heavy (non-hydrogen) atoms. The van der Waals surface area contributed by atoms with Crippen LogP contribution in [-0.2, 0) is 6.42 Å². The first-order valence-corrected chi connectivity index (χ1v) is 4.41. The molecule has 1 aliphatic rings. The van der Waals surface area contributed by atoms with Crippen molar-refractivity contribution in [2.45, 2.75) is 19.3 Å². The zero-order chi connectivity index (χ0) is 9.10. The molecular formula is C8H12N4O. The van der Waals surface area contributed by atoms with Gasteiger partial charge in [-0.2, -0.15) is 4.98 Å². The van der Waals surface area contributed by atoms with Crippen molar-refractivity contribution in [3.05, 3.63) is 12.2 Å². The lowest BCUT2D eigenvalue weighted by Gasteiger charge is -1.95. The highest BCUT2D eigenvalue weighted by Crippen LogP contribution is 2.28. The summed E-state index contributed by atoms with van der Waals surface area (Å²) in [4.78, 5) is 8.11. The van der Waals surface area contributed by atoms with Crippen molar-refractivity contribution in [1.82, 2.24) is 10.1 Å². The van der Waals surface area contributed by atoms with E-state index in [-0.39, 0.29) is 0 Å². The van der Waals surface area contributed by atoms with E-state index in [0.717, 1.165) is 5.84 Å². The monoisotopic (exact) mass is 180 g/mol. The fraction of sp³-hybridized carbons (Fsp3) is 0.625. The number of amidine groups is 1. The molecule has 0 unspecified atom stereocenters. The lowest BCUT2D eigenvalue weighted by Crippen LogP contribution is -2.14. The molecule has 2 rings (SSSR count). The third-order valence-electron chi connectivity index (χ3n) is 2.02. The third-order valence-corrected chi connectivity index (χ3v) is 2.02. The van der Waals surface area contributed by atoms with E-state index < -0.39 is 0 Å². The first kappa shape index (κ1) is 8.22. The molecule has 0 saturated heterocycles. The van der Waals surface area contributed by atoms with Crippen molar-refractivity contribution < 1.29 is 4.52 Å². The molecule has 0 atom stereocenters. The summed E-state index contributed by atoms with van der Waals surface area (Å²) in [5, 5.41) is 3.50. The first-order chi connectivity index (χ1) is 6.36. The summed E-state index contributed by atoms with van der Waals surface area (Å²) in [6.45, 7) is 0.643. The standard InChI is InChI=1S/C8H12N4O/c9-8(6-1-2-6)10-4-3-7-11-5-12-13-7/h5-6H,1-4H2,(H2,9,10). The predicted molar refractivity (Wildman–Crippen MR) is 47.2 cm³/mol. The molecule has 70 valence electrons. The average Bonchev–Trinajstić information content (AvgIpc) is 2.86. The van der Waals surface area contributed by atoms with Crippen LogP contribution in [0, 0.1) is 5.92 Å². The Balaban J connectivity index is 1.76. The van der Waals surface area contributed by atoms with Gasteiger partial charge in [0.25, 0.3) is 0 Å². The van der Waals surface area contributed by atoms with Crippen LogP contribution in [0.2, 0.25) is 0 Å². The Morgan fingerprint density at radius 1 is 1.69 bits per heavy atom. The van der Waals surface area contributed by atoms with Crippen molar-refractivity contribution in [1.29, 1.82) is 0 Å². The Kier molecular flexibility index (Phi) is 2.25. The number of nitrogens with two attached hydrogens (primary N) is 1. The summed E-state index contributed by atoms with van der Waals surface area (Å²) in [5.74, 6) is 1.94. The first-order valence-electron chi connectivity index (χ1n) is 4.41. The number of aromatic nitrogens is 2. The van der Waals surface area contributed by atoms with E-state index in [0.29, 0.717) is 24.8 Å². The highest BCUT2D eigenvalue weighted by atomic mass is 16.5. The molecule has 0 aromatic carbocycles. The van der Waals surface area contributed by atoms with E-state index in [4.69, 9.17) is 10.3 Å². The minimum atomic E-state index is 0.544. The second-order valence-electron chi connectivity index (χ2n) is 3.17. The van der Waals surface area contributed by atoms with Crippen LogP contribution in [0.4, 0.5) is 0 Å². The second-order valence-corrected chi connectivity index (χ2v) is 3.17. The van der Waals surface area contributed by atoms with Crippen molar-refractivity contribution in [3.8, 4) is 0 Å². The van der Waals surface area contributed by atoms with Gasteiger partial charge in [-0.05, 0) is 12.8 Å². The van der Waals surface area contributed by atoms with Crippen LogP contribution < -0.4 is 5.73 Å². The van der Waals surface area contributed by atoms with Gasteiger partial charge >= 0.3 is 0 Å². The van der Waals surface area contributed by atoms with Crippen LogP contribution in [0.15, 0.2) is 15.8 Å². The van der Waals surface area contributed by atoms with E-state index in [1.807, 2.05) is 0 Å². The summed E-state index contributed by atoms with van der Waals surface area (Å²) in [6, 6.07) is 0. The molecule has 1 heterocycles. The van der Waals surface area contributed by atoms with Gasteiger partial charge in [0.2, 0.25) is 5.89 Å². The van der Waals surface area contributed by atoms with Gasteiger partial charge in [-0.1, -0.05) is 5.16 Å². The minimum Gasteiger partial charge on any atom is -0.387 e. The van der Waals surface area contributed by atoms with Crippen LogP contribution in [0.25, 0.3) is 0 Å². The van der Waals surface area contributed by atoms with Gasteiger partial charge in [0.15, 0.2) is 6.33 Å². The highest BCUT2D eigenvalue weighted by Gasteiger charge is 2.25. The molecule has 2 N–H and O–H groups in total. The summed E-state index contributed by atoms with van der Waals surface area (Å²) >= 11 is 0. The molecular weight excluding hydrogens is 168 g/mol. The van der Waals surface area contributed by atoms with Crippen LogP contribution in [0.5, 0.6) is 0 Å². The van der Waals surface area contributed by atoms with Crippen molar-refractivity contribution in [2.75, 3.05) is 6.54 Å². The molecule has 1 aromatic rings. The van der Waals surface area contributed by atoms with E-state index in [9.17, 15) is 0 Å². The zero-order valence-corrected chi connectivity index (χ0v) is 7.31. The zero-order valence-electron chi connectivity index (χ0n) is 7.31. The molecule has 1 aromatic heterocycles. The lowest BCUT2D eigenvalue weighted by molar-refractivity contribution is 0.379. The summed E-state index contributed by atoms with van der Waals surface area (Å²) in [5.41, 5.74) is 5.70. The van der Waals surface area contributed by atoms with Crippen molar-refractivity contribution in [3.63, 3.8) is 0 Å². The second kappa shape index (κ2) is 3.55. The highest BCUT2D eigenvalue weighted by molar-refractivity contribution is 5.84. The molecule has 0 bridgehead atoms. The molecule has 0 aliphatic heterocycles. The smallest absolute Gasteiger partial charge is 0.228 e. The molecule has 0 spiro atoms. The SMILES string of the molecule is NC(=NCCc1ncno1)C1CC1. The number of hydrogen-bond acceptors (Lipinski definition) is 4.